The molecule has 29 heavy (non-hydrogen) atoms. The second-order valence-electron chi connectivity index (χ2n) is 7.55. The van der Waals surface area contributed by atoms with Gasteiger partial charge < -0.3 is 26.6 Å². The normalized spacial score (nSPS) is 23.8. The van der Waals surface area contributed by atoms with Crippen LogP contribution in [0.25, 0.3) is 0 Å². The minimum atomic E-state index is -3.96. The molecule has 0 saturated carbocycles. The number of carboxylic acid groups (broad SMARTS) is 1. The van der Waals surface area contributed by atoms with Crippen LogP contribution in [-0.2, 0) is 21.4 Å². The Morgan fingerprint density at radius 2 is 2.00 bits per heavy atom. The highest BCUT2D eigenvalue weighted by Gasteiger charge is 2.52. The van der Waals surface area contributed by atoms with Gasteiger partial charge in [-0.05, 0) is 24.7 Å². The third-order valence-electron chi connectivity index (χ3n) is 5.21. The van der Waals surface area contributed by atoms with E-state index in [4.69, 9.17) is 21.5 Å². The van der Waals surface area contributed by atoms with Gasteiger partial charge in [0.1, 0.15) is 5.54 Å². The van der Waals surface area contributed by atoms with E-state index in [9.17, 15) is 18.3 Å². The third kappa shape index (κ3) is 6.47. The van der Waals surface area contributed by atoms with Crippen molar-refractivity contribution in [3.63, 3.8) is 0 Å². The van der Waals surface area contributed by atoms with E-state index < -0.39 is 40.8 Å². The van der Waals surface area contributed by atoms with Crippen LogP contribution in [0.5, 0.6) is 0 Å². The maximum absolute atomic E-state index is 12.7. The smallest absolute Gasteiger partial charge is 0.451 e. The fourth-order valence-corrected chi connectivity index (χ4v) is 4.87. The molecule has 0 unspecified atom stereocenters. The van der Waals surface area contributed by atoms with Crippen LogP contribution in [0.1, 0.15) is 18.4 Å². The van der Waals surface area contributed by atoms with Gasteiger partial charge in [0.15, 0.2) is 0 Å². The standard InChI is InChI=1S/C17H29BN4O6S/c19-15(9-13-5-2-1-3-6-13)10-21-29(27,28)22-11-14(7-4-8-18(25)26)17(20,12-22)16(23)24/h1-3,5-6,14-15,21,25-26H,4,7-12,19-20H2,(H,23,24)/t14-,15+,17-/m0/s1. The van der Waals surface area contributed by atoms with E-state index in [0.29, 0.717) is 12.8 Å². The van der Waals surface area contributed by atoms with Crippen molar-refractivity contribution in [1.29, 1.82) is 0 Å². The fourth-order valence-electron chi connectivity index (χ4n) is 3.51. The van der Waals surface area contributed by atoms with Crippen molar-refractivity contribution in [2.24, 2.45) is 17.4 Å². The average Bonchev–Trinajstić information content (AvgIpc) is 3.00. The van der Waals surface area contributed by atoms with Gasteiger partial charge >= 0.3 is 13.1 Å². The minimum Gasteiger partial charge on any atom is -0.480 e. The topological polar surface area (TPSA) is 179 Å². The first-order valence-electron chi connectivity index (χ1n) is 9.47. The molecule has 10 nitrogen and oxygen atoms in total. The molecule has 1 heterocycles. The number of nitrogens with two attached hydrogens (primary N) is 2. The highest BCUT2D eigenvalue weighted by molar-refractivity contribution is 7.87. The molecule has 0 aliphatic carbocycles. The summed E-state index contributed by atoms with van der Waals surface area (Å²) in [6.07, 6.45) is 1.13. The van der Waals surface area contributed by atoms with E-state index in [1.165, 1.54) is 0 Å². The molecule has 1 aromatic carbocycles. The monoisotopic (exact) mass is 428 g/mol. The molecule has 0 amide bonds. The van der Waals surface area contributed by atoms with Crippen LogP contribution in [0.4, 0.5) is 0 Å². The molecule has 0 bridgehead atoms. The van der Waals surface area contributed by atoms with Gasteiger partial charge in [0.05, 0.1) is 0 Å². The first-order valence-corrected chi connectivity index (χ1v) is 10.9. The highest BCUT2D eigenvalue weighted by atomic mass is 32.2. The van der Waals surface area contributed by atoms with Crippen molar-refractivity contribution >= 4 is 23.3 Å². The zero-order valence-corrected chi connectivity index (χ0v) is 17.0. The molecule has 3 atom stereocenters. The fraction of sp³-hybridized carbons (Fsp3) is 0.588. The van der Waals surface area contributed by atoms with Gasteiger partial charge in [-0.3, -0.25) is 4.79 Å². The number of benzene rings is 1. The lowest BCUT2D eigenvalue weighted by atomic mass is 9.78. The van der Waals surface area contributed by atoms with Gasteiger partial charge in [0.2, 0.25) is 0 Å². The Morgan fingerprint density at radius 1 is 1.34 bits per heavy atom. The van der Waals surface area contributed by atoms with Crippen LogP contribution in [0.2, 0.25) is 6.32 Å². The maximum Gasteiger partial charge on any atom is 0.451 e. The zero-order chi connectivity index (χ0) is 21.7. The van der Waals surface area contributed by atoms with Gasteiger partial charge in [0, 0.05) is 31.6 Å². The molecule has 162 valence electrons. The summed E-state index contributed by atoms with van der Waals surface area (Å²) in [6, 6.07) is 8.98. The quantitative estimate of drug-likeness (QED) is 0.227. The second kappa shape index (κ2) is 9.98. The van der Waals surface area contributed by atoms with Crippen LogP contribution < -0.4 is 16.2 Å². The van der Waals surface area contributed by atoms with E-state index >= 15 is 0 Å². The Kier molecular flexibility index (Phi) is 8.17. The first-order chi connectivity index (χ1) is 13.5. The molecule has 1 aliphatic rings. The van der Waals surface area contributed by atoms with E-state index in [2.05, 4.69) is 4.72 Å². The average molecular weight is 428 g/mol. The van der Waals surface area contributed by atoms with Crippen LogP contribution >= 0.6 is 0 Å². The molecule has 1 fully saturated rings. The van der Waals surface area contributed by atoms with Gasteiger partial charge in [-0.1, -0.05) is 36.8 Å². The van der Waals surface area contributed by atoms with Gasteiger partial charge in [-0.2, -0.15) is 12.7 Å². The lowest BCUT2D eigenvalue weighted by Gasteiger charge is -2.25. The Bertz CT molecular complexity index is 781. The van der Waals surface area contributed by atoms with E-state index in [1.807, 2.05) is 30.3 Å². The Labute approximate surface area is 171 Å². The number of carboxylic acids is 1. The molecule has 1 aromatic rings. The van der Waals surface area contributed by atoms with E-state index in [1.54, 1.807) is 0 Å². The lowest BCUT2D eigenvalue weighted by molar-refractivity contribution is -0.144. The summed E-state index contributed by atoms with van der Waals surface area (Å²) in [5.74, 6) is -1.93. The molecule has 12 heteroatoms. The molecule has 2 rings (SSSR count). The number of rotatable bonds is 11. The molecule has 8 N–H and O–H groups in total. The Balaban J connectivity index is 1.97. The summed E-state index contributed by atoms with van der Waals surface area (Å²) in [4.78, 5) is 11.7. The summed E-state index contributed by atoms with van der Waals surface area (Å²) in [7, 11) is -5.46. The van der Waals surface area contributed by atoms with Gasteiger partial charge in [-0.15, -0.1) is 0 Å². The number of hydrogen-bond donors (Lipinski definition) is 6. The number of nitrogens with zero attached hydrogens (tertiary/aromatic N) is 1. The SMILES string of the molecule is N[C@@H](CNS(=O)(=O)N1C[C@H](CCCB(O)O)[C@](N)(C(=O)O)C1)Cc1ccccc1. The molecule has 1 saturated heterocycles. The van der Waals surface area contributed by atoms with Crippen LogP contribution in [0, 0.1) is 5.92 Å². The van der Waals surface area contributed by atoms with Crippen molar-refractivity contribution < 1.29 is 28.4 Å². The zero-order valence-electron chi connectivity index (χ0n) is 16.1. The summed E-state index contributed by atoms with van der Waals surface area (Å²) in [5.41, 5.74) is 11.3. The summed E-state index contributed by atoms with van der Waals surface area (Å²) < 4.78 is 28.8. The van der Waals surface area contributed by atoms with Crippen LogP contribution in [-0.4, -0.2) is 72.2 Å². The van der Waals surface area contributed by atoms with Crippen LogP contribution in [0.3, 0.4) is 0 Å². The summed E-state index contributed by atoms with van der Waals surface area (Å²) in [5, 5.41) is 27.4. The van der Waals surface area contributed by atoms with Crippen molar-refractivity contribution in [3.8, 4) is 0 Å². The van der Waals surface area contributed by atoms with Crippen molar-refractivity contribution in [2.75, 3.05) is 19.6 Å². The highest BCUT2D eigenvalue weighted by Crippen LogP contribution is 2.31. The molecule has 0 spiro atoms. The molecule has 0 radical (unpaired) electrons. The molecule has 1 aliphatic heterocycles. The molecular formula is C17H29BN4O6S. The first kappa shape index (κ1) is 23.7. The Hall–Kier alpha value is -1.54. The number of carbonyl (C=O) groups is 1. The minimum absolute atomic E-state index is 0.000256. The van der Waals surface area contributed by atoms with Gasteiger partial charge in [-0.25, -0.2) is 4.72 Å². The number of hydrogen-bond acceptors (Lipinski definition) is 7. The Morgan fingerprint density at radius 3 is 2.59 bits per heavy atom. The third-order valence-corrected chi connectivity index (χ3v) is 6.70. The summed E-state index contributed by atoms with van der Waals surface area (Å²) >= 11 is 0. The summed E-state index contributed by atoms with van der Waals surface area (Å²) in [6.45, 7) is -0.425. The van der Waals surface area contributed by atoms with Crippen molar-refractivity contribution in [2.45, 2.75) is 37.2 Å². The van der Waals surface area contributed by atoms with E-state index in [0.717, 1.165) is 9.87 Å². The lowest BCUT2D eigenvalue weighted by Crippen LogP contribution is -2.55. The predicted molar refractivity (Wildman–Crippen MR) is 109 cm³/mol. The van der Waals surface area contributed by atoms with Crippen molar-refractivity contribution in [3.05, 3.63) is 35.9 Å². The number of nitrogens with one attached hydrogen (secondary N) is 1. The molecular weight excluding hydrogens is 399 g/mol. The number of aliphatic carboxylic acids is 1. The van der Waals surface area contributed by atoms with Crippen LogP contribution in [0.15, 0.2) is 30.3 Å². The van der Waals surface area contributed by atoms with Gasteiger partial charge in [0.25, 0.3) is 10.2 Å². The van der Waals surface area contributed by atoms with E-state index in [-0.39, 0.29) is 32.4 Å². The van der Waals surface area contributed by atoms with Crippen molar-refractivity contribution in [1.82, 2.24) is 9.03 Å². The maximum atomic E-state index is 12.7. The second-order valence-corrected chi connectivity index (χ2v) is 9.30. The molecule has 0 aromatic heterocycles. The predicted octanol–water partition coefficient (Wildman–Crippen LogP) is -1.64. The largest absolute Gasteiger partial charge is 0.480 e.